The fraction of sp³-hybridized carbons (Fsp3) is 0.269. The standard InChI is InChI=1S/C26H25N5O6S/c1-12-8-7-9-30-13(2)19(27-24(12)30)21(32)18-20(15-10-16(35-4)23(37-6)17(11-15)36-5)31(25(34)22(18)33)26-29-28-14(3)38-26/h7-11,20,32H,1-6H3/b21-18+. The smallest absolute Gasteiger partial charge is 0.301 e. The van der Waals surface area contributed by atoms with E-state index < -0.39 is 23.5 Å². The average molecular weight is 536 g/mol. The number of aliphatic hydroxyl groups is 1. The lowest BCUT2D eigenvalue weighted by Gasteiger charge is -2.24. The van der Waals surface area contributed by atoms with Crippen LogP contribution in [0.4, 0.5) is 5.13 Å². The first-order chi connectivity index (χ1) is 18.2. The lowest BCUT2D eigenvalue weighted by molar-refractivity contribution is -0.132. The van der Waals surface area contributed by atoms with Crippen LogP contribution in [0.5, 0.6) is 17.2 Å². The third-order valence-corrected chi connectivity index (χ3v) is 7.31. The summed E-state index contributed by atoms with van der Waals surface area (Å²) in [7, 11) is 4.41. The van der Waals surface area contributed by atoms with Gasteiger partial charge in [-0.1, -0.05) is 17.4 Å². The number of aliphatic hydroxyl groups excluding tert-OH is 1. The van der Waals surface area contributed by atoms with Crippen LogP contribution in [-0.4, -0.2) is 57.7 Å². The van der Waals surface area contributed by atoms with Gasteiger partial charge in [0, 0.05) is 6.20 Å². The van der Waals surface area contributed by atoms with Crippen molar-refractivity contribution in [2.24, 2.45) is 0 Å². The number of benzene rings is 1. The Hall–Kier alpha value is -4.45. The van der Waals surface area contributed by atoms with Crippen molar-refractivity contribution in [2.75, 3.05) is 26.2 Å². The fourth-order valence-corrected chi connectivity index (χ4v) is 5.38. The highest BCUT2D eigenvalue weighted by atomic mass is 32.1. The molecule has 0 spiro atoms. The van der Waals surface area contributed by atoms with E-state index in [0.29, 0.717) is 39.2 Å². The number of fused-ring (bicyclic) bond motifs is 1. The molecule has 12 heteroatoms. The molecule has 1 aromatic carbocycles. The molecule has 11 nitrogen and oxygen atoms in total. The molecule has 1 atom stereocenters. The van der Waals surface area contributed by atoms with Crippen molar-refractivity contribution in [2.45, 2.75) is 26.8 Å². The number of ether oxygens (including phenoxy) is 3. The van der Waals surface area contributed by atoms with Crippen LogP contribution in [-0.2, 0) is 9.59 Å². The van der Waals surface area contributed by atoms with Gasteiger partial charge < -0.3 is 23.7 Å². The van der Waals surface area contributed by atoms with Crippen molar-refractivity contribution in [3.05, 3.63) is 63.6 Å². The van der Waals surface area contributed by atoms with E-state index in [0.717, 1.165) is 16.9 Å². The number of aromatic nitrogens is 4. The number of aryl methyl sites for hydroxylation is 3. The van der Waals surface area contributed by atoms with Gasteiger partial charge in [0.15, 0.2) is 17.3 Å². The quantitative estimate of drug-likeness (QED) is 0.223. The fourth-order valence-electron chi connectivity index (χ4n) is 4.66. The van der Waals surface area contributed by atoms with Crippen molar-refractivity contribution in [3.8, 4) is 17.2 Å². The summed E-state index contributed by atoms with van der Waals surface area (Å²) in [4.78, 5) is 32.8. The molecule has 4 aromatic rings. The number of nitrogens with zero attached hydrogens (tertiary/aromatic N) is 5. The molecule has 1 fully saturated rings. The third-order valence-electron chi connectivity index (χ3n) is 6.48. The molecule has 1 aliphatic rings. The largest absolute Gasteiger partial charge is 0.505 e. The van der Waals surface area contributed by atoms with E-state index in [1.165, 1.54) is 26.2 Å². The predicted octanol–water partition coefficient (Wildman–Crippen LogP) is 3.76. The van der Waals surface area contributed by atoms with Crippen LogP contribution < -0.4 is 19.1 Å². The van der Waals surface area contributed by atoms with Crippen LogP contribution in [0.15, 0.2) is 36.0 Å². The van der Waals surface area contributed by atoms with Gasteiger partial charge in [-0.2, -0.15) is 0 Å². The highest BCUT2D eigenvalue weighted by Crippen LogP contribution is 2.47. The van der Waals surface area contributed by atoms with Crippen LogP contribution in [0, 0.1) is 20.8 Å². The summed E-state index contributed by atoms with van der Waals surface area (Å²) in [6.07, 6.45) is 1.82. The zero-order valence-electron chi connectivity index (χ0n) is 21.6. The molecule has 0 bridgehead atoms. The van der Waals surface area contributed by atoms with Crippen molar-refractivity contribution in [1.29, 1.82) is 0 Å². The summed E-state index contributed by atoms with van der Waals surface area (Å²) in [5.41, 5.74) is 2.63. The normalized spacial score (nSPS) is 16.9. The number of hydrogen-bond donors (Lipinski definition) is 1. The molecule has 0 aliphatic carbocycles. The summed E-state index contributed by atoms with van der Waals surface area (Å²) in [6, 6.07) is 5.96. The molecule has 3 aromatic heterocycles. The number of imidazole rings is 1. The molecule has 196 valence electrons. The first-order valence-electron chi connectivity index (χ1n) is 11.6. The van der Waals surface area contributed by atoms with Crippen LogP contribution in [0.2, 0.25) is 0 Å². The first kappa shape index (κ1) is 25.2. The molecule has 1 aliphatic heterocycles. The SMILES string of the molecule is COc1cc(C2/C(=C(\O)c3nc4c(C)cccn4c3C)C(=O)C(=O)N2c2nnc(C)s2)cc(OC)c1OC. The molecule has 0 saturated carbocycles. The highest BCUT2D eigenvalue weighted by molar-refractivity contribution is 7.15. The molecule has 0 radical (unpaired) electrons. The summed E-state index contributed by atoms with van der Waals surface area (Å²) in [5, 5.41) is 20.6. The van der Waals surface area contributed by atoms with E-state index in [1.54, 1.807) is 26.0 Å². The Morgan fingerprint density at radius 3 is 2.26 bits per heavy atom. The van der Waals surface area contributed by atoms with Crippen LogP contribution >= 0.6 is 11.3 Å². The minimum atomic E-state index is -1.07. The summed E-state index contributed by atoms with van der Waals surface area (Å²) in [6.45, 7) is 5.43. The minimum Gasteiger partial charge on any atom is -0.505 e. The van der Waals surface area contributed by atoms with Gasteiger partial charge in [-0.25, -0.2) is 4.98 Å². The van der Waals surface area contributed by atoms with Crippen molar-refractivity contribution >= 4 is 39.6 Å². The number of Topliss-reactive ketones (excluding diaryl/α,β-unsaturated/α-hetero) is 1. The number of pyridine rings is 1. The topological polar surface area (TPSA) is 128 Å². The van der Waals surface area contributed by atoms with Gasteiger partial charge in [0.2, 0.25) is 10.9 Å². The zero-order valence-corrected chi connectivity index (χ0v) is 22.4. The van der Waals surface area contributed by atoms with Gasteiger partial charge in [-0.05, 0) is 50.1 Å². The molecule has 1 unspecified atom stereocenters. The monoisotopic (exact) mass is 535 g/mol. The molecular weight excluding hydrogens is 510 g/mol. The highest BCUT2D eigenvalue weighted by Gasteiger charge is 2.49. The summed E-state index contributed by atoms with van der Waals surface area (Å²) < 4.78 is 18.3. The average Bonchev–Trinajstić information content (AvgIpc) is 3.57. The maximum absolute atomic E-state index is 13.5. The van der Waals surface area contributed by atoms with Gasteiger partial charge >= 0.3 is 5.91 Å². The van der Waals surface area contributed by atoms with E-state index in [-0.39, 0.29) is 16.4 Å². The zero-order chi connectivity index (χ0) is 27.3. The van der Waals surface area contributed by atoms with Crippen molar-refractivity contribution < 1.29 is 28.9 Å². The van der Waals surface area contributed by atoms with Gasteiger partial charge in [-0.3, -0.25) is 14.5 Å². The lowest BCUT2D eigenvalue weighted by Crippen LogP contribution is -2.29. The number of anilines is 1. The van der Waals surface area contributed by atoms with E-state index in [2.05, 4.69) is 15.2 Å². The van der Waals surface area contributed by atoms with Gasteiger partial charge in [0.05, 0.1) is 38.6 Å². The van der Waals surface area contributed by atoms with E-state index >= 15 is 0 Å². The summed E-state index contributed by atoms with van der Waals surface area (Å²) in [5.74, 6) is -1.14. The second kappa shape index (κ2) is 9.45. The first-order valence-corrected chi connectivity index (χ1v) is 12.4. The van der Waals surface area contributed by atoms with Crippen molar-refractivity contribution in [3.63, 3.8) is 0 Å². The lowest BCUT2D eigenvalue weighted by atomic mass is 9.95. The van der Waals surface area contributed by atoms with Crippen LogP contribution in [0.25, 0.3) is 11.4 Å². The Labute approximate surface area is 221 Å². The number of carbonyl (C=O) groups excluding carboxylic acids is 2. The maximum Gasteiger partial charge on any atom is 0.301 e. The molecule has 1 amide bonds. The number of ketones is 1. The Balaban J connectivity index is 1.81. The third kappa shape index (κ3) is 3.76. The number of amides is 1. The Morgan fingerprint density at radius 2 is 1.71 bits per heavy atom. The number of carbonyl (C=O) groups is 2. The summed E-state index contributed by atoms with van der Waals surface area (Å²) >= 11 is 1.15. The predicted molar refractivity (Wildman–Crippen MR) is 140 cm³/mol. The maximum atomic E-state index is 13.5. The number of hydrogen-bond acceptors (Lipinski definition) is 10. The Bertz CT molecular complexity index is 1610. The van der Waals surface area contributed by atoms with E-state index in [4.69, 9.17) is 14.2 Å². The van der Waals surface area contributed by atoms with Gasteiger partial charge in [0.25, 0.3) is 5.78 Å². The Kier molecular flexibility index (Phi) is 6.27. The molecule has 38 heavy (non-hydrogen) atoms. The Morgan fingerprint density at radius 1 is 1.03 bits per heavy atom. The molecule has 1 saturated heterocycles. The molecule has 4 heterocycles. The molecular formula is C26H25N5O6S. The second-order valence-corrected chi connectivity index (χ2v) is 9.82. The van der Waals surface area contributed by atoms with Gasteiger partial charge in [-0.15, -0.1) is 10.2 Å². The number of rotatable bonds is 6. The minimum absolute atomic E-state index is 0.138. The van der Waals surface area contributed by atoms with Crippen molar-refractivity contribution in [1.82, 2.24) is 19.6 Å². The van der Waals surface area contributed by atoms with Gasteiger partial charge in [0.1, 0.15) is 16.3 Å². The van der Waals surface area contributed by atoms with E-state index in [1.807, 2.05) is 29.7 Å². The van der Waals surface area contributed by atoms with Crippen LogP contribution in [0.3, 0.4) is 0 Å². The van der Waals surface area contributed by atoms with E-state index in [9.17, 15) is 14.7 Å². The molecule has 5 rings (SSSR count). The second-order valence-electron chi connectivity index (χ2n) is 8.66. The molecule has 1 N–H and O–H groups in total. The number of methoxy groups -OCH3 is 3. The van der Waals surface area contributed by atoms with Crippen LogP contribution in [0.1, 0.15) is 33.6 Å².